The molecule has 0 spiro atoms. The van der Waals surface area contributed by atoms with E-state index in [4.69, 9.17) is 0 Å². The molecule has 9 heteroatoms. The number of nitrogens with one attached hydrogen (secondary N) is 4. The van der Waals surface area contributed by atoms with Crippen LogP contribution in [0.4, 0.5) is 42.0 Å². The Hall–Kier alpha value is -3.33. The SMILES string of the molecule is Fc1ccc(Nc2nc(Nc3ccc4c(c3)NNC4)ncc2F)cc1F. The fourth-order valence-corrected chi connectivity index (χ4v) is 2.51. The number of halogens is 3. The molecule has 0 fully saturated rings. The highest BCUT2D eigenvalue weighted by Crippen LogP contribution is 2.26. The fraction of sp³-hybridized carbons (Fsp3) is 0.0588. The molecule has 0 unspecified atom stereocenters. The molecule has 0 bridgehead atoms. The Morgan fingerprint density at radius 3 is 2.54 bits per heavy atom. The molecule has 0 radical (unpaired) electrons. The molecule has 132 valence electrons. The van der Waals surface area contributed by atoms with E-state index in [1.165, 1.54) is 6.07 Å². The lowest BCUT2D eigenvalue weighted by atomic mass is 10.2. The van der Waals surface area contributed by atoms with Gasteiger partial charge in [0.25, 0.3) is 0 Å². The number of hydrogen-bond donors (Lipinski definition) is 4. The molecule has 4 rings (SSSR count). The highest BCUT2D eigenvalue weighted by atomic mass is 19.2. The van der Waals surface area contributed by atoms with Crippen LogP contribution in [0.1, 0.15) is 5.56 Å². The lowest BCUT2D eigenvalue weighted by molar-refractivity contribution is 0.509. The molecule has 2 aromatic carbocycles. The first-order chi connectivity index (χ1) is 12.6. The first-order valence-corrected chi connectivity index (χ1v) is 7.72. The predicted molar refractivity (Wildman–Crippen MR) is 91.8 cm³/mol. The van der Waals surface area contributed by atoms with Gasteiger partial charge in [0, 0.05) is 24.0 Å². The quantitative estimate of drug-likeness (QED) is 0.568. The molecule has 0 saturated heterocycles. The number of hydrogen-bond acceptors (Lipinski definition) is 6. The number of benzene rings is 2. The molecular formula is C17H13F3N6. The van der Waals surface area contributed by atoms with Crippen molar-refractivity contribution in [2.24, 2.45) is 0 Å². The Morgan fingerprint density at radius 2 is 1.69 bits per heavy atom. The Balaban J connectivity index is 1.56. The molecule has 0 saturated carbocycles. The zero-order valence-corrected chi connectivity index (χ0v) is 13.3. The maximum Gasteiger partial charge on any atom is 0.229 e. The predicted octanol–water partition coefficient (Wildman–Crippen LogP) is 3.81. The van der Waals surface area contributed by atoms with Crippen LogP contribution in [0.2, 0.25) is 0 Å². The van der Waals surface area contributed by atoms with Crippen molar-refractivity contribution in [1.82, 2.24) is 15.4 Å². The fourth-order valence-electron chi connectivity index (χ4n) is 2.51. The van der Waals surface area contributed by atoms with E-state index < -0.39 is 17.5 Å². The van der Waals surface area contributed by atoms with Crippen LogP contribution in [0.3, 0.4) is 0 Å². The van der Waals surface area contributed by atoms with E-state index in [2.05, 4.69) is 31.5 Å². The van der Waals surface area contributed by atoms with Crippen molar-refractivity contribution in [2.45, 2.75) is 6.54 Å². The van der Waals surface area contributed by atoms with Crippen LogP contribution in [0.25, 0.3) is 0 Å². The maximum atomic E-state index is 14.0. The molecule has 26 heavy (non-hydrogen) atoms. The van der Waals surface area contributed by atoms with Gasteiger partial charge in [-0.25, -0.2) is 23.6 Å². The molecule has 2 heterocycles. The van der Waals surface area contributed by atoms with Crippen molar-refractivity contribution in [2.75, 3.05) is 16.1 Å². The van der Waals surface area contributed by atoms with Crippen molar-refractivity contribution >= 4 is 28.8 Å². The summed E-state index contributed by atoms with van der Waals surface area (Å²) in [6.45, 7) is 0.727. The molecule has 1 aliphatic rings. The minimum Gasteiger partial charge on any atom is -0.338 e. The Morgan fingerprint density at radius 1 is 0.885 bits per heavy atom. The van der Waals surface area contributed by atoms with Crippen LogP contribution in [0, 0.1) is 17.5 Å². The van der Waals surface area contributed by atoms with Crippen LogP contribution < -0.4 is 21.5 Å². The van der Waals surface area contributed by atoms with Crippen LogP contribution in [0.5, 0.6) is 0 Å². The normalized spacial score (nSPS) is 12.4. The van der Waals surface area contributed by atoms with Gasteiger partial charge in [-0.15, -0.1) is 0 Å². The van der Waals surface area contributed by atoms with Gasteiger partial charge in [0.15, 0.2) is 23.3 Å². The van der Waals surface area contributed by atoms with Crippen molar-refractivity contribution in [3.05, 3.63) is 65.6 Å². The number of hydrazine groups is 1. The molecule has 0 atom stereocenters. The third kappa shape index (κ3) is 3.24. The first-order valence-electron chi connectivity index (χ1n) is 7.72. The van der Waals surface area contributed by atoms with E-state index >= 15 is 0 Å². The van der Waals surface area contributed by atoms with Gasteiger partial charge < -0.3 is 16.1 Å². The Labute approximate surface area is 146 Å². The van der Waals surface area contributed by atoms with Gasteiger partial charge in [-0.3, -0.25) is 0 Å². The summed E-state index contributed by atoms with van der Waals surface area (Å²) < 4.78 is 40.2. The zero-order valence-electron chi connectivity index (χ0n) is 13.3. The minimum atomic E-state index is -1.04. The highest BCUT2D eigenvalue weighted by Gasteiger charge is 2.12. The van der Waals surface area contributed by atoms with Crippen LogP contribution in [-0.4, -0.2) is 9.97 Å². The molecule has 3 aromatic rings. The monoisotopic (exact) mass is 358 g/mol. The lowest BCUT2D eigenvalue weighted by Gasteiger charge is -2.10. The molecule has 4 N–H and O–H groups in total. The van der Waals surface area contributed by atoms with E-state index in [1.807, 2.05) is 18.2 Å². The second kappa shape index (κ2) is 6.52. The summed E-state index contributed by atoms with van der Waals surface area (Å²) in [6.07, 6.45) is 0.991. The van der Waals surface area contributed by atoms with Crippen molar-refractivity contribution in [3.8, 4) is 0 Å². The average molecular weight is 358 g/mol. The summed E-state index contributed by atoms with van der Waals surface area (Å²) in [6, 6.07) is 8.80. The second-order valence-electron chi connectivity index (χ2n) is 5.62. The van der Waals surface area contributed by atoms with E-state index in [1.54, 1.807) is 0 Å². The van der Waals surface area contributed by atoms with Crippen LogP contribution in [0.15, 0.2) is 42.6 Å². The second-order valence-corrected chi connectivity index (χ2v) is 5.62. The highest BCUT2D eigenvalue weighted by molar-refractivity contribution is 5.66. The third-order valence-corrected chi connectivity index (χ3v) is 3.79. The molecule has 0 aliphatic carbocycles. The number of aromatic nitrogens is 2. The van der Waals surface area contributed by atoms with E-state index in [-0.39, 0.29) is 17.5 Å². The average Bonchev–Trinajstić information content (AvgIpc) is 3.09. The first kappa shape index (κ1) is 16.2. The summed E-state index contributed by atoms with van der Waals surface area (Å²) in [5, 5.41) is 5.59. The molecular weight excluding hydrogens is 345 g/mol. The maximum absolute atomic E-state index is 14.0. The van der Waals surface area contributed by atoms with E-state index in [0.717, 1.165) is 36.1 Å². The largest absolute Gasteiger partial charge is 0.338 e. The summed E-state index contributed by atoms with van der Waals surface area (Å²) in [4.78, 5) is 7.94. The minimum absolute atomic E-state index is 0.155. The Kier molecular flexibility index (Phi) is 4.05. The van der Waals surface area contributed by atoms with Gasteiger partial charge in [-0.1, -0.05) is 6.07 Å². The number of rotatable bonds is 4. The zero-order chi connectivity index (χ0) is 18.1. The van der Waals surface area contributed by atoms with Gasteiger partial charge in [0.2, 0.25) is 5.95 Å². The van der Waals surface area contributed by atoms with Crippen molar-refractivity contribution < 1.29 is 13.2 Å². The molecule has 1 aliphatic heterocycles. The summed E-state index contributed by atoms with van der Waals surface area (Å²) in [5.74, 6) is -2.75. The van der Waals surface area contributed by atoms with Gasteiger partial charge in [-0.05, 0) is 29.8 Å². The van der Waals surface area contributed by atoms with Gasteiger partial charge in [0.1, 0.15) is 0 Å². The Bertz CT molecular complexity index is 979. The summed E-state index contributed by atoms with van der Waals surface area (Å²) in [7, 11) is 0. The van der Waals surface area contributed by atoms with Crippen molar-refractivity contribution in [1.29, 1.82) is 0 Å². The van der Waals surface area contributed by atoms with Crippen molar-refractivity contribution in [3.63, 3.8) is 0 Å². The van der Waals surface area contributed by atoms with Gasteiger partial charge in [-0.2, -0.15) is 4.98 Å². The van der Waals surface area contributed by atoms with Gasteiger partial charge >= 0.3 is 0 Å². The number of nitrogens with zero attached hydrogens (tertiary/aromatic N) is 2. The summed E-state index contributed by atoms with van der Waals surface area (Å²) in [5.41, 5.74) is 8.95. The van der Waals surface area contributed by atoms with Crippen LogP contribution in [-0.2, 0) is 6.54 Å². The summed E-state index contributed by atoms with van der Waals surface area (Å²) >= 11 is 0. The van der Waals surface area contributed by atoms with Gasteiger partial charge in [0.05, 0.1) is 11.9 Å². The smallest absolute Gasteiger partial charge is 0.229 e. The van der Waals surface area contributed by atoms with E-state index in [9.17, 15) is 13.2 Å². The molecule has 1 aromatic heterocycles. The van der Waals surface area contributed by atoms with Crippen LogP contribution >= 0.6 is 0 Å². The lowest BCUT2D eigenvalue weighted by Crippen LogP contribution is -2.10. The van der Waals surface area contributed by atoms with E-state index in [0.29, 0.717) is 5.69 Å². The third-order valence-electron chi connectivity index (χ3n) is 3.79. The number of fused-ring (bicyclic) bond motifs is 1. The molecule has 0 amide bonds. The standard InChI is InChI=1S/C17H13F3N6/c18-12-4-3-10(5-13(12)19)23-16-14(20)8-21-17(25-16)24-11-2-1-9-7-22-26-15(9)6-11/h1-6,8,22,26H,7H2,(H2,21,23,24,25). The number of anilines is 5. The molecule has 6 nitrogen and oxygen atoms in total. The topological polar surface area (TPSA) is 73.9 Å².